The van der Waals surface area contributed by atoms with E-state index in [4.69, 9.17) is 14.3 Å². The van der Waals surface area contributed by atoms with Gasteiger partial charge in [0, 0.05) is 5.39 Å². The van der Waals surface area contributed by atoms with E-state index in [1.807, 2.05) is 19.1 Å². The van der Waals surface area contributed by atoms with Crippen molar-refractivity contribution >= 4 is 21.2 Å². The molecule has 19 heavy (non-hydrogen) atoms. The van der Waals surface area contributed by atoms with Crippen molar-refractivity contribution in [3.8, 4) is 5.75 Å². The Labute approximate surface area is 111 Å². The van der Waals surface area contributed by atoms with Crippen LogP contribution in [0.5, 0.6) is 5.75 Å². The lowest BCUT2D eigenvalue weighted by molar-refractivity contribution is 0.336. The molecule has 0 bridgehead atoms. The fraction of sp³-hybridized carbons (Fsp3) is 0.333. The molecule has 104 valence electrons. The van der Waals surface area contributed by atoms with Gasteiger partial charge in [-0.3, -0.25) is 0 Å². The highest BCUT2D eigenvalue weighted by molar-refractivity contribution is 7.87. The quantitative estimate of drug-likeness (QED) is 0.873. The van der Waals surface area contributed by atoms with E-state index < -0.39 is 16.3 Å². The molecule has 1 aromatic carbocycles. The molecule has 7 heteroatoms. The van der Waals surface area contributed by atoms with Crippen LogP contribution in [0.3, 0.4) is 0 Å². The highest BCUT2D eigenvalue weighted by Gasteiger charge is 2.17. The van der Waals surface area contributed by atoms with Crippen LogP contribution in [0.15, 0.2) is 28.7 Å². The molecule has 1 heterocycles. The Morgan fingerprint density at radius 3 is 2.84 bits per heavy atom. The molecular weight excluding hydrogens is 268 g/mol. The van der Waals surface area contributed by atoms with Gasteiger partial charge >= 0.3 is 0 Å². The minimum absolute atomic E-state index is 0.483. The molecule has 0 radical (unpaired) electrons. The Morgan fingerprint density at radius 2 is 2.21 bits per heavy atom. The molecule has 6 nitrogen and oxygen atoms in total. The zero-order valence-corrected chi connectivity index (χ0v) is 11.5. The van der Waals surface area contributed by atoms with E-state index in [1.54, 1.807) is 19.1 Å². The predicted molar refractivity (Wildman–Crippen MR) is 72.0 cm³/mol. The standard InChI is InChI=1S/C12H16N2O4S/c1-3-17-10-6-4-5-9-7-11(18-12(9)10)8(2)14-19(13,15)16/h4-8,14H,3H2,1-2H3,(H2,13,15,16). The third-order valence-electron chi connectivity index (χ3n) is 2.59. The molecule has 0 aliphatic carbocycles. The number of hydrogen-bond acceptors (Lipinski definition) is 4. The largest absolute Gasteiger partial charge is 0.490 e. The molecule has 2 rings (SSSR count). The molecule has 0 saturated heterocycles. The lowest BCUT2D eigenvalue weighted by Crippen LogP contribution is -2.32. The molecule has 3 N–H and O–H groups in total. The van der Waals surface area contributed by atoms with Crippen LogP contribution in [0.2, 0.25) is 0 Å². The second-order valence-corrected chi connectivity index (χ2v) is 5.47. The highest BCUT2D eigenvalue weighted by Crippen LogP contribution is 2.31. The lowest BCUT2D eigenvalue weighted by atomic mass is 10.2. The van der Waals surface area contributed by atoms with Crippen molar-refractivity contribution in [3.05, 3.63) is 30.0 Å². The Bertz CT molecular complexity index is 678. The second-order valence-electron chi connectivity index (χ2n) is 4.14. The summed E-state index contributed by atoms with van der Waals surface area (Å²) >= 11 is 0. The number of rotatable bonds is 5. The number of hydrogen-bond donors (Lipinski definition) is 2. The van der Waals surface area contributed by atoms with Crippen LogP contribution < -0.4 is 14.6 Å². The van der Waals surface area contributed by atoms with Gasteiger partial charge in [-0.05, 0) is 26.0 Å². The summed E-state index contributed by atoms with van der Waals surface area (Å²) in [7, 11) is -3.77. The molecule has 0 spiro atoms. The van der Waals surface area contributed by atoms with Gasteiger partial charge in [-0.1, -0.05) is 12.1 Å². The normalized spacial score (nSPS) is 13.6. The molecule has 0 aliphatic heterocycles. The molecular formula is C12H16N2O4S. The molecule has 0 saturated carbocycles. The van der Waals surface area contributed by atoms with Crippen LogP contribution in [-0.4, -0.2) is 15.0 Å². The van der Waals surface area contributed by atoms with Gasteiger partial charge in [0.2, 0.25) is 0 Å². The molecule has 1 atom stereocenters. The first-order valence-corrected chi connectivity index (χ1v) is 7.40. The van der Waals surface area contributed by atoms with Crippen LogP contribution in [0, 0.1) is 0 Å². The summed E-state index contributed by atoms with van der Waals surface area (Å²) in [6.45, 7) is 4.07. The molecule has 1 aromatic heterocycles. The fourth-order valence-electron chi connectivity index (χ4n) is 1.84. The van der Waals surface area contributed by atoms with E-state index in [9.17, 15) is 8.42 Å². The molecule has 0 amide bonds. The average molecular weight is 284 g/mol. The minimum Gasteiger partial charge on any atom is -0.490 e. The summed E-state index contributed by atoms with van der Waals surface area (Å²) in [5.41, 5.74) is 0.599. The van der Waals surface area contributed by atoms with Crippen molar-refractivity contribution in [3.63, 3.8) is 0 Å². The first-order chi connectivity index (χ1) is 8.90. The van der Waals surface area contributed by atoms with Gasteiger partial charge in [0.1, 0.15) is 5.76 Å². The van der Waals surface area contributed by atoms with E-state index in [1.165, 1.54) is 0 Å². The molecule has 1 unspecified atom stereocenters. The third kappa shape index (κ3) is 3.25. The third-order valence-corrected chi connectivity index (χ3v) is 3.28. The van der Waals surface area contributed by atoms with Crippen molar-refractivity contribution in [2.45, 2.75) is 19.9 Å². The van der Waals surface area contributed by atoms with E-state index in [-0.39, 0.29) is 0 Å². The summed E-state index contributed by atoms with van der Waals surface area (Å²) in [6, 6.07) is 6.74. The van der Waals surface area contributed by atoms with Crippen molar-refractivity contribution < 1.29 is 17.6 Å². The SMILES string of the molecule is CCOc1cccc2cc(C(C)NS(N)(=O)=O)oc12. The van der Waals surface area contributed by atoms with Gasteiger partial charge in [0.05, 0.1) is 12.6 Å². The van der Waals surface area contributed by atoms with E-state index in [0.717, 1.165) is 5.39 Å². The van der Waals surface area contributed by atoms with Gasteiger partial charge in [0.25, 0.3) is 10.2 Å². The van der Waals surface area contributed by atoms with Gasteiger partial charge in [0.15, 0.2) is 11.3 Å². The van der Waals surface area contributed by atoms with Crippen LogP contribution in [-0.2, 0) is 10.2 Å². The summed E-state index contributed by atoms with van der Waals surface area (Å²) in [4.78, 5) is 0. The summed E-state index contributed by atoms with van der Waals surface area (Å²) in [5.74, 6) is 1.12. The summed E-state index contributed by atoms with van der Waals surface area (Å²) in [6.07, 6.45) is 0. The topological polar surface area (TPSA) is 94.6 Å². The minimum atomic E-state index is -3.77. The zero-order chi connectivity index (χ0) is 14.0. The van der Waals surface area contributed by atoms with Gasteiger partial charge < -0.3 is 9.15 Å². The Hall–Kier alpha value is -1.57. The predicted octanol–water partition coefficient (Wildman–Crippen LogP) is 1.69. The number of benzene rings is 1. The summed E-state index contributed by atoms with van der Waals surface area (Å²) in [5, 5.41) is 5.79. The Balaban J connectivity index is 2.38. The number of nitrogens with one attached hydrogen (secondary N) is 1. The van der Waals surface area contributed by atoms with Crippen LogP contribution in [0.4, 0.5) is 0 Å². The summed E-state index contributed by atoms with van der Waals surface area (Å²) < 4.78 is 35.4. The van der Waals surface area contributed by atoms with E-state index in [2.05, 4.69) is 4.72 Å². The Kier molecular flexibility index (Phi) is 3.79. The van der Waals surface area contributed by atoms with E-state index >= 15 is 0 Å². The maximum absolute atomic E-state index is 11.0. The maximum atomic E-state index is 11.0. The van der Waals surface area contributed by atoms with Crippen molar-refractivity contribution in [1.29, 1.82) is 0 Å². The number of ether oxygens (including phenoxy) is 1. The average Bonchev–Trinajstić information content (AvgIpc) is 2.72. The number of furan rings is 1. The number of nitrogens with two attached hydrogens (primary N) is 1. The maximum Gasteiger partial charge on any atom is 0.275 e. The van der Waals surface area contributed by atoms with Gasteiger partial charge in [-0.15, -0.1) is 0 Å². The van der Waals surface area contributed by atoms with Crippen molar-refractivity contribution in [2.24, 2.45) is 5.14 Å². The molecule has 0 aliphatic rings. The van der Waals surface area contributed by atoms with Crippen LogP contribution in [0.1, 0.15) is 25.6 Å². The van der Waals surface area contributed by atoms with Crippen LogP contribution >= 0.6 is 0 Å². The van der Waals surface area contributed by atoms with Crippen LogP contribution in [0.25, 0.3) is 11.0 Å². The monoisotopic (exact) mass is 284 g/mol. The number of para-hydroxylation sites is 1. The highest BCUT2D eigenvalue weighted by atomic mass is 32.2. The molecule has 0 fully saturated rings. The second kappa shape index (κ2) is 5.20. The van der Waals surface area contributed by atoms with E-state index in [0.29, 0.717) is 23.7 Å². The first-order valence-electron chi connectivity index (χ1n) is 5.86. The van der Waals surface area contributed by atoms with Crippen molar-refractivity contribution in [2.75, 3.05) is 6.61 Å². The van der Waals surface area contributed by atoms with Crippen molar-refractivity contribution in [1.82, 2.24) is 4.72 Å². The lowest BCUT2D eigenvalue weighted by Gasteiger charge is -2.08. The zero-order valence-electron chi connectivity index (χ0n) is 10.7. The molecule has 2 aromatic rings. The fourth-order valence-corrected chi connectivity index (χ4v) is 2.45. The Morgan fingerprint density at radius 1 is 1.47 bits per heavy atom. The number of fused-ring (bicyclic) bond motifs is 1. The first kappa shape index (κ1) is 13.9. The van der Waals surface area contributed by atoms with Gasteiger partial charge in [-0.25, -0.2) is 5.14 Å². The van der Waals surface area contributed by atoms with Gasteiger partial charge in [-0.2, -0.15) is 13.1 Å². The smallest absolute Gasteiger partial charge is 0.275 e.